The standard InChI is InChI=1S/C18H20N2O6/c1-12(18(23)24)20(11-10-19-13(2)21)17(22)15-8-9-16(26-15)25-14-6-4-3-5-7-14/h3-9,12H,10-11H2,1-2H3,(H,19,21)(H,23,24). The van der Waals surface area contributed by atoms with Gasteiger partial charge in [0.1, 0.15) is 11.8 Å². The number of carbonyl (C=O) groups is 3. The van der Waals surface area contributed by atoms with Gasteiger partial charge < -0.3 is 24.5 Å². The number of ether oxygens (including phenoxy) is 1. The van der Waals surface area contributed by atoms with Crippen molar-refractivity contribution in [2.75, 3.05) is 13.1 Å². The summed E-state index contributed by atoms with van der Waals surface area (Å²) in [6, 6.07) is 10.7. The van der Waals surface area contributed by atoms with Crippen molar-refractivity contribution in [1.29, 1.82) is 0 Å². The van der Waals surface area contributed by atoms with Crippen LogP contribution in [0.1, 0.15) is 24.4 Å². The van der Waals surface area contributed by atoms with Gasteiger partial charge in [-0.25, -0.2) is 4.79 Å². The third-order valence-electron chi connectivity index (χ3n) is 3.57. The number of carboxylic acid groups (broad SMARTS) is 1. The summed E-state index contributed by atoms with van der Waals surface area (Å²) < 4.78 is 10.9. The molecule has 2 amide bonds. The summed E-state index contributed by atoms with van der Waals surface area (Å²) in [5.41, 5.74) is 0. The fraction of sp³-hybridized carbons (Fsp3) is 0.278. The van der Waals surface area contributed by atoms with Crippen molar-refractivity contribution >= 4 is 17.8 Å². The fourth-order valence-electron chi connectivity index (χ4n) is 2.19. The first-order valence-electron chi connectivity index (χ1n) is 7.99. The normalized spacial score (nSPS) is 11.5. The average molecular weight is 360 g/mol. The molecule has 0 spiro atoms. The molecule has 0 radical (unpaired) electrons. The van der Waals surface area contributed by atoms with Crippen molar-refractivity contribution in [3.63, 3.8) is 0 Å². The molecule has 1 atom stereocenters. The molecule has 0 fully saturated rings. The number of hydrogen-bond acceptors (Lipinski definition) is 5. The van der Waals surface area contributed by atoms with E-state index in [0.29, 0.717) is 5.75 Å². The number of nitrogens with zero attached hydrogens (tertiary/aromatic N) is 1. The number of amides is 2. The second-order valence-electron chi connectivity index (χ2n) is 5.53. The Labute approximate surface area is 150 Å². The van der Waals surface area contributed by atoms with Gasteiger partial charge in [0.25, 0.3) is 11.9 Å². The van der Waals surface area contributed by atoms with Crippen LogP contribution in [0.25, 0.3) is 0 Å². The Morgan fingerprint density at radius 3 is 2.50 bits per heavy atom. The Morgan fingerprint density at radius 1 is 1.19 bits per heavy atom. The number of aliphatic carboxylic acids is 1. The lowest BCUT2D eigenvalue weighted by molar-refractivity contribution is -0.141. The minimum Gasteiger partial charge on any atom is -0.480 e. The Morgan fingerprint density at radius 2 is 1.88 bits per heavy atom. The fourth-order valence-corrected chi connectivity index (χ4v) is 2.19. The van der Waals surface area contributed by atoms with Crippen molar-refractivity contribution < 1.29 is 28.6 Å². The molecule has 26 heavy (non-hydrogen) atoms. The van der Waals surface area contributed by atoms with Crippen LogP contribution in [0.2, 0.25) is 0 Å². The lowest BCUT2D eigenvalue weighted by Gasteiger charge is -2.25. The number of para-hydroxylation sites is 1. The Bertz CT molecular complexity index is 771. The molecular formula is C18H20N2O6. The lowest BCUT2D eigenvalue weighted by Crippen LogP contribution is -2.46. The zero-order valence-electron chi connectivity index (χ0n) is 14.5. The second-order valence-corrected chi connectivity index (χ2v) is 5.53. The molecule has 1 aromatic carbocycles. The minimum atomic E-state index is -1.16. The highest BCUT2D eigenvalue weighted by atomic mass is 16.6. The van der Waals surface area contributed by atoms with E-state index >= 15 is 0 Å². The van der Waals surface area contributed by atoms with E-state index in [1.165, 1.54) is 26.0 Å². The lowest BCUT2D eigenvalue weighted by atomic mass is 10.2. The quantitative estimate of drug-likeness (QED) is 0.746. The van der Waals surface area contributed by atoms with Crippen LogP contribution in [0.4, 0.5) is 0 Å². The Balaban J connectivity index is 2.11. The number of rotatable bonds is 8. The van der Waals surface area contributed by atoms with Gasteiger partial charge >= 0.3 is 5.97 Å². The number of carbonyl (C=O) groups excluding carboxylic acids is 2. The van der Waals surface area contributed by atoms with Crippen LogP contribution in [-0.2, 0) is 9.59 Å². The molecule has 8 nitrogen and oxygen atoms in total. The maximum Gasteiger partial charge on any atom is 0.326 e. The van der Waals surface area contributed by atoms with Gasteiger partial charge in [-0.1, -0.05) is 18.2 Å². The monoisotopic (exact) mass is 360 g/mol. The first kappa shape index (κ1) is 19.0. The Kier molecular flexibility index (Phi) is 6.37. The van der Waals surface area contributed by atoms with Crippen LogP contribution < -0.4 is 10.1 Å². The molecule has 2 aromatic rings. The SMILES string of the molecule is CC(=O)NCCN(C(=O)c1ccc(Oc2ccccc2)o1)C(C)C(=O)O. The van der Waals surface area contributed by atoms with Gasteiger partial charge in [0, 0.05) is 26.1 Å². The molecule has 0 aliphatic heterocycles. The summed E-state index contributed by atoms with van der Waals surface area (Å²) in [6.45, 7) is 2.89. The van der Waals surface area contributed by atoms with Crippen molar-refractivity contribution in [3.05, 3.63) is 48.2 Å². The maximum atomic E-state index is 12.6. The topological polar surface area (TPSA) is 109 Å². The molecule has 0 aliphatic rings. The van der Waals surface area contributed by atoms with Gasteiger partial charge in [-0.3, -0.25) is 9.59 Å². The van der Waals surface area contributed by atoms with Gasteiger partial charge in [-0.2, -0.15) is 0 Å². The first-order valence-corrected chi connectivity index (χ1v) is 7.99. The summed E-state index contributed by atoms with van der Waals surface area (Å²) in [7, 11) is 0. The van der Waals surface area contributed by atoms with Crippen LogP contribution in [-0.4, -0.2) is 46.9 Å². The van der Waals surface area contributed by atoms with Crippen molar-refractivity contribution in [2.24, 2.45) is 0 Å². The molecule has 0 aliphatic carbocycles. The molecule has 0 saturated heterocycles. The zero-order chi connectivity index (χ0) is 19.1. The molecule has 1 unspecified atom stereocenters. The molecule has 0 saturated carbocycles. The third-order valence-corrected chi connectivity index (χ3v) is 3.57. The van der Waals surface area contributed by atoms with Crippen LogP contribution in [0.15, 0.2) is 46.9 Å². The predicted octanol–water partition coefficient (Wildman–Crippen LogP) is 2.12. The number of benzene rings is 1. The number of nitrogens with one attached hydrogen (secondary N) is 1. The molecule has 2 rings (SSSR count). The Hall–Kier alpha value is -3.29. The van der Waals surface area contributed by atoms with Gasteiger partial charge in [-0.15, -0.1) is 0 Å². The van der Waals surface area contributed by atoms with E-state index in [1.54, 1.807) is 24.3 Å². The molecule has 138 valence electrons. The first-order chi connectivity index (χ1) is 12.4. The van der Waals surface area contributed by atoms with E-state index < -0.39 is 17.9 Å². The number of furan rings is 1. The van der Waals surface area contributed by atoms with E-state index in [1.807, 2.05) is 6.07 Å². The van der Waals surface area contributed by atoms with Gasteiger partial charge in [0.15, 0.2) is 5.76 Å². The molecule has 8 heteroatoms. The molecule has 0 bridgehead atoms. The number of carboxylic acids is 1. The average Bonchev–Trinajstić information content (AvgIpc) is 3.06. The van der Waals surface area contributed by atoms with E-state index in [4.69, 9.17) is 9.15 Å². The molecule has 1 aromatic heterocycles. The predicted molar refractivity (Wildman–Crippen MR) is 92.0 cm³/mol. The van der Waals surface area contributed by atoms with Crippen molar-refractivity contribution in [2.45, 2.75) is 19.9 Å². The highest BCUT2D eigenvalue weighted by molar-refractivity contribution is 5.94. The van der Waals surface area contributed by atoms with Gasteiger partial charge in [0.05, 0.1) is 0 Å². The zero-order valence-corrected chi connectivity index (χ0v) is 14.5. The van der Waals surface area contributed by atoms with Gasteiger partial charge in [-0.05, 0) is 25.1 Å². The summed E-state index contributed by atoms with van der Waals surface area (Å²) in [5.74, 6) is -1.42. The molecule has 2 N–H and O–H groups in total. The highest BCUT2D eigenvalue weighted by Gasteiger charge is 2.28. The maximum absolute atomic E-state index is 12.6. The van der Waals surface area contributed by atoms with Crippen LogP contribution >= 0.6 is 0 Å². The summed E-state index contributed by atoms with van der Waals surface area (Å²) in [5, 5.41) is 11.8. The van der Waals surface area contributed by atoms with Crippen LogP contribution in [0.5, 0.6) is 11.7 Å². The molecular weight excluding hydrogens is 340 g/mol. The van der Waals surface area contributed by atoms with Crippen molar-refractivity contribution in [1.82, 2.24) is 10.2 Å². The summed E-state index contributed by atoms with van der Waals surface area (Å²) in [4.78, 5) is 36.0. The largest absolute Gasteiger partial charge is 0.480 e. The smallest absolute Gasteiger partial charge is 0.326 e. The highest BCUT2D eigenvalue weighted by Crippen LogP contribution is 2.24. The number of hydrogen-bond donors (Lipinski definition) is 2. The molecule has 1 heterocycles. The summed E-state index contributed by atoms with van der Waals surface area (Å²) >= 11 is 0. The van der Waals surface area contributed by atoms with E-state index in [-0.39, 0.29) is 30.7 Å². The third kappa shape index (κ3) is 5.10. The van der Waals surface area contributed by atoms with E-state index in [0.717, 1.165) is 4.90 Å². The summed E-state index contributed by atoms with van der Waals surface area (Å²) in [6.07, 6.45) is 0. The van der Waals surface area contributed by atoms with Gasteiger partial charge in [0.2, 0.25) is 5.91 Å². The van der Waals surface area contributed by atoms with E-state index in [2.05, 4.69) is 5.32 Å². The minimum absolute atomic E-state index is 0.0292. The second kappa shape index (κ2) is 8.70. The van der Waals surface area contributed by atoms with E-state index in [9.17, 15) is 19.5 Å². The van der Waals surface area contributed by atoms with Crippen LogP contribution in [0.3, 0.4) is 0 Å². The van der Waals surface area contributed by atoms with Crippen molar-refractivity contribution in [3.8, 4) is 11.7 Å². The van der Waals surface area contributed by atoms with Crippen LogP contribution in [0, 0.1) is 0 Å².